The normalized spacial score (nSPS) is 13.7. The molecule has 1 aromatic carbocycles. The van der Waals surface area contributed by atoms with Gasteiger partial charge in [-0.2, -0.15) is 0 Å². The van der Waals surface area contributed by atoms with Gasteiger partial charge >= 0.3 is 0 Å². The summed E-state index contributed by atoms with van der Waals surface area (Å²) in [5.74, 6) is 0.918. The lowest BCUT2D eigenvalue weighted by molar-refractivity contribution is 0.0708. The Kier molecular flexibility index (Phi) is 3.68. The van der Waals surface area contributed by atoms with E-state index in [1.807, 2.05) is 10.6 Å². The molecule has 4 heterocycles. The van der Waals surface area contributed by atoms with Crippen LogP contribution in [0.1, 0.15) is 16.2 Å². The van der Waals surface area contributed by atoms with Crippen LogP contribution in [-0.4, -0.2) is 42.1 Å². The Morgan fingerprint density at radius 3 is 2.78 bits per heavy atom. The number of nitrogens with zero attached hydrogens (tertiary/aromatic N) is 6. The van der Waals surface area contributed by atoms with Gasteiger partial charge in [0.15, 0.2) is 16.7 Å². The Hall–Kier alpha value is -3.20. The number of hydrogen-bond donors (Lipinski definition) is 0. The number of aromatic nitrogens is 5. The number of halogens is 1. The van der Waals surface area contributed by atoms with Crippen molar-refractivity contribution in [1.29, 1.82) is 0 Å². The Balaban J connectivity index is 1.43. The van der Waals surface area contributed by atoms with Crippen LogP contribution in [0, 0.1) is 5.82 Å². The third-order valence-corrected chi connectivity index (χ3v) is 5.55. The van der Waals surface area contributed by atoms with Crippen LogP contribution in [0.2, 0.25) is 0 Å². The lowest BCUT2D eigenvalue weighted by Crippen LogP contribution is -2.38. The molecule has 3 aromatic heterocycles. The molecule has 0 saturated heterocycles. The summed E-state index contributed by atoms with van der Waals surface area (Å²) < 4.78 is 16.1. The molecule has 0 saturated carbocycles. The van der Waals surface area contributed by atoms with Crippen molar-refractivity contribution >= 4 is 27.5 Å². The number of fused-ring (bicyclic) bond motifs is 2. The lowest BCUT2D eigenvalue weighted by atomic mass is 10.2. The molecule has 1 aliphatic rings. The first-order chi connectivity index (χ1) is 13.2. The standard InChI is InChI=1S/C18H13FN6OS/c19-12-3-1-11(2-4-12)18(26)24-7-8-25-15(10-24)22-23-16(25)17-21-13-9-20-6-5-14(13)27-17/h1-6,9H,7-8,10H2. The van der Waals surface area contributed by atoms with Gasteiger partial charge in [0.25, 0.3) is 5.91 Å². The molecular weight excluding hydrogens is 367 g/mol. The summed E-state index contributed by atoms with van der Waals surface area (Å²) in [6.07, 6.45) is 3.47. The van der Waals surface area contributed by atoms with Crippen molar-refractivity contribution in [3.05, 3.63) is 59.9 Å². The maximum atomic E-state index is 13.1. The minimum absolute atomic E-state index is 0.142. The van der Waals surface area contributed by atoms with Gasteiger partial charge in [0.1, 0.15) is 11.3 Å². The highest BCUT2D eigenvalue weighted by Crippen LogP contribution is 2.30. The van der Waals surface area contributed by atoms with Crippen molar-refractivity contribution in [3.8, 4) is 10.8 Å². The average molecular weight is 380 g/mol. The van der Waals surface area contributed by atoms with E-state index in [1.54, 1.807) is 28.6 Å². The highest BCUT2D eigenvalue weighted by Gasteiger charge is 2.26. The summed E-state index contributed by atoms with van der Waals surface area (Å²) in [5, 5.41) is 9.34. The van der Waals surface area contributed by atoms with Crippen LogP contribution < -0.4 is 0 Å². The fourth-order valence-corrected chi connectivity index (χ4v) is 4.07. The maximum absolute atomic E-state index is 13.1. The maximum Gasteiger partial charge on any atom is 0.254 e. The predicted octanol–water partition coefficient (Wildman–Crippen LogP) is 2.74. The Labute approximate surface area is 157 Å². The third kappa shape index (κ3) is 2.76. The number of benzene rings is 1. The number of pyridine rings is 1. The van der Waals surface area contributed by atoms with E-state index in [0.29, 0.717) is 36.8 Å². The molecule has 0 radical (unpaired) electrons. The number of rotatable bonds is 2. The molecule has 27 heavy (non-hydrogen) atoms. The second-order valence-corrected chi connectivity index (χ2v) is 7.22. The summed E-state index contributed by atoms with van der Waals surface area (Å²) in [4.78, 5) is 23.0. The SMILES string of the molecule is O=C(c1ccc(F)cc1)N1CCn2c(nnc2-c2nc3cnccc3s2)C1. The Morgan fingerprint density at radius 1 is 1.11 bits per heavy atom. The highest BCUT2D eigenvalue weighted by atomic mass is 32.1. The second-order valence-electron chi connectivity index (χ2n) is 6.19. The van der Waals surface area contributed by atoms with Gasteiger partial charge in [-0.1, -0.05) is 0 Å². The van der Waals surface area contributed by atoms with E-state index in [-0.39, 0.29) is 11.7 Å². The molecule has 134 valence electrons. The summed E-state index contributed by atoms with van der Waals surface area (Å²) in [7, 11) is 0. The molecule has 0 spiro atoms. The molecule has 0 bridgehead atoms. The highest BCUT2D eigenvalue weighted by molar-refractivity contribution is 7.21. The fraction of sp³-hybridized carbons (Fsp3) is 0.167. The molecule has 0 unspecified atom stereocenters. The second kappa shape index (κ2) is 6.20. The van der Waals surface area contributed by atoms with E-state index < -0.39 is 0 Å². The quantitative estimate of drug-likeness (QED) is 0.534. The minimum atomic E-state index is -0.361. The number of thiazole rings is 1. The molecule has 0 fully saturated rings. The minimum Gasteiger partial charge on any atom is -0.329 e. The molecule has 0 N–H and O–H groups in total. The number of amides is 1. The van der Waals surface area contributed by atoms with E-state index in [4.69, 9.17) is 0 Å². The van der Waals surface area contributed by atoms with Crippen LogP contribution in [-0.2, 0) is 13.1 Å². The molecule has 9 heteroatoms. The van der Waals surface area contributed by atoms with Crippen LogP contribution in [0.4, 0.5) is 4.39 Å². The van der Waals surface area contributed by atoms with Gasteiger partial charge in [0, 0.05) is 24.8 Å². The van der Waals surface area contributed by atoms with Gasteiger partial charge in [0.05, 0.1) is 17.4 Å². The summed E-state index contributed by atoms with van der Waals surface area (Å²) in [6.45, 7) is 1.47. The predicted molar refractivity (Wildman–Crippen MR) is 97.6 cm³/mol. The molecule has 5 rings (SSSR count). The van der Waals surface area contributed by atoms with E-state index in [2.05, 4.69) is 20.2 Å². The van der Waals surface area contributed by atoms with Crippen molar-refractivity contribution in [2.24, 2.45) is 0 Å². The largest absolute Gasteiger partial charge is 0.329 e. The van der Waals surface area contributed by atoms with Crippen LogP contribution in [0.25, 0.3) is 21.0 Å². The first-order valence-corrected chi connectivity index (χ1v) is 9.18. The zero-order chi connectivity index (χ0) is 18.4. The van der Waals surface area contributed by atoms with Crippen molar-refractivity contribution in [3.63, 3.8) is 0 Å². The van der Waals surface area contributed by atoms with E-state index >= 15 is 0 Å². The van der Waals surface area contributed by atoms with Crippen LogP contribution in [0.3, 0.4) is 0 Å². The van der Waals surface area contributed by atoms with Gasteiger partial charge in [-0.15, -0.1) is 21.5 Å². The molecule has 4 aromatic rings. The van der Waals surface area contributed by atoms with E-state index in [9.17, 15) is 9.18 Å². The Morgan fingerprint density at radius 2 is 1.96 bits per heavy atom. The molecule has 7 nitrogen and oxygen atoms in total. The zero-order valence-corrected chi connectivity index (χ0v) is 14.9. The number of carbonyl (C=O) groups excluding carboxylic acids is 1. The lowest BCUT2D eigenvalue weighted by Gasteiger charge is -2.27. The summed E-state index contributed by atoms with van der Waals surface area (Å²) >= 11 is 1.54. The van der Waals surface area contributed by atoms with Crippen LogP contribution in [0.5, 0.6) is 0 Å². The zero-order valence-electron chi connectivity index (χ0n) is 14.0. The van der Waals surface area contributed by atoms with Gasteiger partial charge in [-0.25, -0.2) is 9.37 Å². The molecule has 1 amide bonds. The molecule has 0 atom stereocenters. The van der Waals surface area contributed by atoms with Crippen molar-refractivity contribution < 1.29 is 9.18 Å². The topological polar surface area (TPSA) is 76.8 Å². The summed E-state index contributed by atoms with van der Waals surface area (Å²) in [6, 6.07) is 7.50. The average Bonchev–Trinajstić information content (AvgIpc) is 3.31. The van der Waals surface area contributed by atoms with Crippen molar-refractivity contribution in [2.45, 2.75) is 13.1 Å². The first-order valence-electron chi connectivity index (χ1n) is 8.37. The van der Waals surface area contributed by atoms with Crippen LogP contribution in [0.15, 0.2) is 42.7 Å². The van der Waals surface area contributed by atoms with Gasteiger partial charge in [-0.3, -0.25) is 9.78 Å². The van der Waals surface area contributed by atoms with E-state index in [1.165, 1.54) is 24.3 Å². The number of hydrogen-bond acceptors (Lipinski definition) is 6. The van der Waals surface area contributed by atoms with Gasteiger partial charge in [-0.05, 0) is 30.3 Å². The summed E-state index contributed by atoms with van der Waals surface area (Å²) in [5.41, 5.74) is 1.29. The molecule has 1 aliphatic heterocycles. The van der Waals surface area contributed by atoms with Crippen LogP contribution >= 0.6 is 11.3 Å². The fourth-order valence-electron chi connectivity index (χ4n) is 3.14. The van der Waals surface area contributed by atoms with Crippen molar-refractivity contribution in [2.75, 3.05) is 6.54 Å². The smallest absolute Gasteiger partial charge is 0.254 e. The third-order valence-electron chi connectivity index (χ3n) is 4.51. The van der Waals surface area contributed by atoms with E-state index in [0.717, 1.165) is 15.2 Å². The van der Waals surface area contributed by atoms with Gasteiger partial charge in [0.2, 0.25) is 0 Å². The van der Waals surface area contributed by atoms with Crippen molar-refractivity contribution in [1.82, 2.24) is 29.6 Å². The molecule has 0 aliphatic carbocycles. The molecular formula is C18H13FN6OS. The first kappa shape index (κ1) is 16.0. The Bertz CT molecular complexity index is 1120. The van der Waals surface area contributed by atoms with Gasteiger partial charge < -0.3 is 9.47 Å². The number of carbonyl (C=O) groups is 1. The monoisotopic (exact) mass is 380 g/mol.